The normalized spacial score (nSPS) is 20.5. The zero-order valence-corrected chi connectivity index (χ0v) is 10.7. The summed E-state index contributed by atoms with van der Waals surface area (Å²) in [5, 5.41) is 8.17. The van der Waals surface area contributed by atoms with Gasteiger partial charge in [0.15, 0.2) is 0 Å². The van der Waals surface area contributed by atoms with E-state index >= 15 is 0 Å². The summed E-state index contributed by atoms with van der Waals surface area (Å²) in [6.45, 7) is 2.87. The largest absolute Gasteiger partial charge is 0.351 e. The minimum Gasteiger partial charge on any atom is -0.351 e. The Balaban J connectivity index is 1.84. The number of nitrogens with one attached hydrogen (secondary N) is 2. The molecule has 1 amide bonds. The molecule has 0 aliphatic carbocycles. The Kier molecular flexibility index (Phi) is 3.77. The highest BCUT2D eigenvalue weighted by atomic mass is 79.9. The second kappa shape index (κ2) is 5.09. The van der Waals surface area contributed by atoms with Crippen molar-refractivity contribution < 1.29 is 4.79 Å². The zero-order chi connectivity index (χ0) is 10.7. The van der Waals surface area contributed by atoms with Gasteiger partial charge in [0, 0.05) is 11.0 Å². The lowest BCUT2D eigenvalue weighted by molar-refractivity contribution is 0.0951. The van der Waals surface area contributed by atoms with E-state index in [4.69, 9.17) is 0 Å². The summed E-state index contributed by atoms with van der Waals surface area (Å²) in [6.07, 6.45) is 1.16. The summed E-state index contributed by atoms with van der Waals surface area (Å²) < 4.78 is 0.884. The van der Waals surface area contributed by atoms with Gasteiger partial charge in [-0.2, -0.15) is 0 Å². The van der Waals surface area contributed by atoms with Gasteiger partial charge in [-0.3, -0.25) is 4.79 Å². The van der Waals surface area contributed by atoms with Crippen molar-refractivity contribution in [3.8, 4) is 0 Å². The van der Waals surface area contributed by atoms with Gasteiger partial charge >= 0.3 is 0 Å². The first kappa shape index (κ1) is 11.1. The minimum atomic E-state index is 0.0313. The summed E-state index contributed by atoms with van der Waals surface area (Å²) in [7, 11) is 0. The first-order valence-electron chi connectivity index (χ1n) is 4.99. The van der Waals surface area contributed by atoms with E-state index in [0.717, 1.165) is 35.4 Å². The molecule has 5 heteroatoms. The SMILES string of the molecule is O=C(NCC1CCNC1)c1sccc1Br. The molecule has 0 radical (unpaired) electrons. The molecule has 1 aliphatic heterocycles. The molecule has 0 spiro atoms. The quantitative estimate of drug-likeness (QED) is 0.891. The van der Waals surface area contributed by atoms with Crippen LogP contribution in [0.2, 0.25) is 0 Å². The van der Waals surface area contributed by atoms with E-state index in [-0.39, 0.29) is 5.91 Å². The number of amides is 1. The van der Waals surface area contributed by atoms with Crippen LogP contribution in [0.15, 0.2) is 15.9 Å². The lowest BCUT2D eigenvalue weighted by Gasteiger charge is -2.09. The Labute approximate surface area is 101 Å². The third kappa shape index (κ3) is 2.80. The molecule has 0 bridgehead atoms. The van der Waals surface area contributed by atoms with Crippen LogP contribution in [0.4, 0.5) is 0 Å². The topological polar surface area (TPSA) is 41.1 Å². The van der Waals surface area contributed by atoms with Crippen molar-refractivity contribution in [2.24, 2.45) is 5.92 Å². The molecule has 2 rings (SSSR count). The van der Waals surface area contributed by atoms with Crippen LogP contribution in [0.3, 0.4) is 0 Å². The van der Waals surface area contributed by atoms with Crippen molar-refractivity contribution in [2.45, 2.75) is 6.42 Å². The Morgan fingerprint density at radius 1 is 1.73 bits per heavy atom. The summed E-state index contributed by atoms with van der Waals surface area (Å²) in [4.78, 5) is 12.5. The Morgan fingerprint density at radius 2 is 2.60 bits per heavy atom. The number of hydrogen-bond acceptors (Lipinski definition) is 3. The average molecular weight is 289 g/mol. The smallest absolute Gasteiger partial charge is 0.262 e. The molecule has 1 atom stereocenters. The van der Waals surface area contributed by atoms with E-state index in [1.54, 1.807) is 0 Å². The van der Waals surface area contributed by atoms with Crippen molar-refractivity contribution in [2.75, 3.05) is 19.6 Å². The second-order valence-electron chi connectivity index (χ2n) is 3.67. The van der Waals surface area contributed by atoms with Crippen LogP contribution in [0.25, 0.3) is 0 Å². The lowest BCUT2D eigenvalue weighted by Crippen LogP contribution is -2.29. The summed E-state index contributed by atoms with van der Waals surface area (Å²) in [6, 6.07) is 1.90. The van der Waals surface area contributed by atoms with Crippen LogP contribution in [-0.4, -0.2) is 25.5 Å². The van der Waals surface area contributed by atoms with Gasteiger partial charge in [-0.05, 0) is 52.8 Å². The van der Waals surface area contributed by atoms with Gasteiger partial charge in [0.2, 0.25) is 0 Å². The summed E-state index contributed by atoms with van der Waals surface area (Å²) >= 11 is 4.82. The third-order valence-corrected chi connectivity index (χ3v) is 4.37. The molecule has 2 heterocycles. The number of carbonyl (C=O) groups is 1. The highest BCUT2D eigenvalue weighted by Gasteiger charge is 2.17. The van der Waals surface area contributed by atoms with Crippen molar-refractivity contribution in [3.05, 3.63) is 20.8 Å². The van der Waals surface area contributed by atoms with Gasteiger partial charge in [0.25, 0.3) is 5.91 Å². The van der Waals surface area contributed by atoms with Crippen LogP contribution >= 0.6 is 27.3 Å². The maximum atomic E-state index is 11.7. The van der Waals surface area contributed by atoms with E-state index < -0.39 is 0 Å². The number of carbonyl (C=O) groups excluding carboxylic acids is 1. The maximum Gasteiger partial charge on any atom is 0.262 e. The van der Waals surface area contributed by atoms with Gasteiger partial charge in [-0.25, -0.2) is 0 Å². The average Bonchev–Trinajstić information content (AvgIpc) is 2.84. The third-order valence-electron chi connectivity index (χ3n) is 2.54. The predicted molar refractivity (Wildman–Crippen MR) is 65.3 cm³/mol. The Hall–Kier alpha value is -0.390. The minimum absolute atomic E-state index is 0.0313. The standard InChI is InChI=1S/C10H13BrN2OS/c11-8-2-4-15-9(8)10(14)13-6-7-1-3-12-5-7/h2,4,7,12H,1,3,5-6H2,(H,13,14). The van der Waals surface area contributed by atoms with Crippen LogP contribution in [0, 0.1) is 5.92 Å². The van der Waals surface area contributed by atoms with E-state index in [0.29, 0.717) is 5.92 Å². The molecular formula is C10H13BrN2OS. The van der Waals surface area contributed by atoms with Gasteiger partial charge in [0.05, 0.1) is 0 Å². The fourth-order valence-electron chi connectivity index (χ4n) is 1.66. The predicted octanol–water partition coefficient (Wildman–Crippen LogP) is 1.85. The molecule has 0 aromatic carbocycles. The molecule has 2 N–H and O–H groups in total. The van der Waals surface area contributed by atoms with Crippen molar-refractivity contribution >= 4 is 33.2 Å². The van der Waals surface area contributed by atoms with Gasteiger partial charge in [0.1, 0.15) is 4.88 Å². The molecule has 1 unspecified atom stereocenters. The van der Waals surface area contributed by atoms with E-state index in [2.05, 4.69) is 26.6 Å². The number of thiophene rings is 1. The van der Waals surface area contributed by atoms with Crippen LogP contribution in [-0.2, 0) is 0 Å². The monoisotopic (exact) mass is 288 g/mol. The number of halogens is 1. The highest BCUT2D eigenvalue weighted by Crippen LogP contribution is 2.22. The molecule has 0 saturated carbocycles. The summed E-state index contributed by atoms with van der Waals surface area (Å²) in [5.41, 5.74) is 0. The lowest BCUT2D eigenvalue weighted by atomic mass is 10.1. The van der Waals surface area contributed by atoms with Gasteiger partial charge in [-0.1, -0.05) is 0 Å². The summed E-state index contributed by atoms with van der Waals surface area (Å²) in [5.74, 6) is 0.622. The molecule has 1 fully saturated rings. The molecule has 15 heavy (non-hydrogen) atoms. The Bertz CT molecular complexity index is 347. The number of hydrogen-bond donors (Lipinski definition) is 2. The van der Waals surface area contributed by atoms with Crippen molar-refractivity contribution in [1.82, 2.24) is 10.6 Å². The fourth-order valence-corrected chi connectivity index (χ4v) is 3.13. The molecule has 1 aromatic rings. The van der Waals surface area contributed by atoms with Crippen molar-refractivity contribution in [1.29, 1.82) is 0 Å². The first-order chi connectivity index (χ1) is 7.27. The molecular weight excluding hydrogens is 276 g/mol. The van der Waals surface area contributed by atoms with Gasteiger partial charge in [-0.15, -0.1) is 11.3 Å². The van der Waals surface area contributed by atoms with Crippen LogP contribution in [0.1, 0.15) is 16.1 Å². The second-order valence-corrected chi connectivity index (χ2v) is 5.44. The molecule has 82 valence electrons. The van der Waals surface area contributed by atoms with Crippen LogP contribution in [0.5, 0.6) is 0 Å². The first-order valence-corrected chi connectivity index (χ1v) is 6.66. The molecule has 1 aromatic heterocycles. The fraction of sp³-hybridized carbons (Fsp3) is 0.500. The van der Waals surface area contributed by atoms with Crippen LogP contribution < -0.4 is 10.6 Å². The number of rotatable bonds is 3. The highest BCUT2D eigenvalue weighted by molar-refractivity contribution is 9.10. The molecule has 1 aliphatic rings. The Morgan fingerprint density at radius 3 is 3.20 bits per heavy atom. The maximum absolute atomic E-state index is 11.7. The zero-order valence-electron chi connectivity index (χ0n) is 8.25. The van der Waals surface area contributed by atoms with Gasteiger partial charge < -0.3 is 10.6 Å². The van der Waals surface area contributed by atoms with Crippen molar-refractivity contribution in [3.63, 3.8) is 0 Å². The molecule has 1 saturated heterocycles. The van der Waals surface area contributed by atoms with E-state index in [1.807, 2.05) is 11.4 Å². The van der Waals surface area contributed by atoms with E-state index in [1.165, 1.54) is 11.3 Å². The molecule has 3 nitrogen and oxygen atoms in total. The van der Waals surface area contributed by atoms with E-state index in [9.17, 15) is 4.79 Å².